The first-order valence-corrected chi connectivity index (χ1v) is 8.91. The SMILES string of the molecule is CSC1(n2nc(C)cc2N)C=CC=C(c2ccnc(C)n2)C1C(=O)O. The van der Waals surface area contributed by atoms with Gasteiger partial charge in [-0.3, -0.25) is 4.79 Å². The van der Waals surface area contributed by atoms with E-state index in [1.807, 2.05) is 25.3 Å². The van der Waals surface area contributed by atoms with Gasteiger partial charge < -0.3 is 10.8 Å². The summed E-state index contributed by atoms with van der Waals surface area (Å²) in [7, 11) is 0. The van der Waals surface area contributed by atoms with Gasteiger partial charge in [0.2, 0.25) is 0 Å². The van der Waals surface area contributed by atoms with E-state index in [2.05, 4.69) is 15.1 Å². The number of aryl methyl sites for hydroxylation is 2. The Hall–Kier alpha value is -2.61. The molecule has 0 radical (unpaired) electrons. The molecule has 0 bridgehead atoms. The third-order valence-electron chi connectivity index (χ3n) is 4.17. The summed E-state index contributed by atoms with van der Waals surface area (Å²) in [6.07, 6.45) is 8.92. The molecule has 7 nitrogen and oxygen atoms in total. The predicted octanol–water partition coefficient (Wildman–Crippen LogP) is 2.24. The highest BCUT2D eigenvalue weighted by atomic mass is 32.2. The summed E-state index contributed by atoms with van der Waals surface area (Å²) in [6, 6.07) is 3.45. The molecule has 1 aliphatic rings. The van der Waals surface area contributed by atoms with Gasteiger partial charge in [-0.05, 0) is 37.8 Å². The van der Waals surface area contributed by atoms with E-state index >= 15 is 0 Å². The molecule has 25 heavy (non-hydrogen) atoms. The highest BCUT2D eigenvalue weighted by molar-refractivity contribution is 7.99. The fourth-order valence-corrected chi connectivity index (χ4v) is 4.13. The van der Waals surface area contributed by atoms with Gasteiger partial charge >= 0.3 is 5.97 Å². The summed E-state index contributed by atoms with van der Waals surface area (Å²) in [5.41, 5.74) is 8.04. The minimum Gasteiger partial charge on any atom is -0.481 e. The van der Waals surface area contributed by atoms with Crippen molar-refractivity contribution in [1.82, 2.24) is 19.7 Å². The van der Waals surface area contributed by atoms with Crippen LogP contribution in [0.2, 0.25) is 0 Å². The first-order chi connectivity index (χ1) is 11.9. The van der Waals surface area contributed by atoms with Crippen molar-refractivity contribution < 1.29 is 9.90 Å². The van der Waals surface area contributed by atoms with Gasteiger partial charge in [-0.25, -0.2) is 14.6 Å². The van der Waals surface area contributed by atoms with Crippen molar-refractivity contribution in [2.75, 3.05) is 12.0 Å². The number of carbonyl (C=O) groups is 1. The molecule has 3 N–H and O–H groups in total. The third kappa shape index (κ3) is 2.82. The molecule has 0 amide bonds. The van der Waals surface area contributed by atoms with Crippen LogP contribution < -0.4 is 5.73 Å². The van der Waals surface area contributed by atoms with Crippen LogP contribution in [-0.4, -0.2) is 37.1 Å². The summed E-state index contributed by atoms with van der Waals surface area (Å²) in [4.78, 5) is 19.8. The second-order valence-electron chi connectivity index (χ2n) is 5.82. The van der Waals surface area contributed by atoms with Crippen LogP contribution in [0.4, 0.5) is 5.82 Å². The van der Waals surface area contributed by atoms with Crippen molar-refractivity contribution in [2.45, 2.75) is 18.7 Å². The molecule has 0 saturated heterocycles. The molecule has 8 heteroatoms. The van der Waals surface area contributed by atoms with Crippen molar-refractivity contribution in [1.29, 1.82) is 0 Å². The van der Waals surface area contributed by atoms with E-state index in [1.54, 1.807) is 36.0 Å². The molecule has 2 atom stereocenters. The molecule has 2 heterocycles. The van der Waals surface area contributed by atoms with E-state index in [0.717, 1.165) is 5.69 Å². The number of carboxylic acids is 1. The number of carboxylic acid groups (broad SMARTS) is 1. The van der Waals surface area contributed by atoms with E-state index in [1.165, 1.54) is 11.8 Å². The Bertz CT molecular complexity index is 889. The van der Waals surface area contributed by atoms with E-state index in [-0.39, 0.29) is 0 Å². The van der Waals surface area contributed by atoms with Gasteiger partial charge in [-0.1, -0.05) is 12.2 Å². The molecule has 0 saturated carbocycles. The lowest BCUT2D eigenvalue weighted by molar-refractivity contribution is -0.141. The van der Waals surface area contributed by atoms with Crippen molar-refractivity contribution in [3.8, 4) is 0 Å². The molecular formula is C17H19N5O2S. The zero-order valence-corrected chi connectivity index (χ0v) is 15.0. The highest BCUT2D eigenvalue weighted by Gasteiger charge is 2.48. The average molecular weight is 357 g/mol. The maximum atomic E-state index is 12.3. The summed E-state index contributed by atoms with van der Waals surface area (Å²) in [5.74, 6) is -0.860. The summed E-state index contributed by atoms with van der Waals surface area (Å²) in [5, 5.41) is 14.5. The maximum Gasteiger partial charge on any atom is 0.314 e. The van der Waals surface area contributed by atoms with Crippen LogP contribution in [0, 0.1) is 19.8 Å². The Morgan fingerprint density at radius 3 is 2.76 bits per heavy atom. The van der Waals surface area contributed by atoms with Gasteiger partial charge in [0.15, 0.2) is 0 Å². The molecule has 0 aromatic carbocycles. The minimum atomic E-state index is -0.979. The molecular weight excluding hydrogens is 338 g/mol. The smallest absolute Gasteiger partial charge is 0.314 e. The summed E-state index contributed by atoms with van der Waals surface area (Å²) >= 11 is 1.38. The van der Waals surface area contributed by atoms with Gasteiger partial charge in [-0.2, -0.15) is 5.10 Å². The second-order valence-corrected chi connectivity index (χ2v) is 6.88. The molecule has 0 aliphatic heterocycles. The van der Waals surface area contributed by atoms with Crippen LogP contribution in [-0.2, 0) is 9.67 Å². The van der Waals surface area contributed by atoms with Crippen molar-refractivity contribution in [2.24, 2.45) is 5.92 Å². The third-order valence-corrected chi connectivity index (χ3v) is 5.37. The molecule has 1 aliphatic carbocycles. The number of nitrogen functional groups attached to an aromatic ring is 1. The predicted molar refractivity (Wildman–Crippen MR) is 97.9 cm³/mol. The first kappa shape index (κ1) is 17.2. The second kappa shape index (κ2) is 6.36. The molecule has 2 aromatic rings. The van der Waals surface area contributed by atoms with Crippen LogP contribution in [0.1, 0.15) is 17.2 Å². The number of nitrogens with two attached hydrogens (primary N) is 1. The lowest BCUT2D eigenvalue weighted by Gasteiger charge is -2.38. The van der Waals surface area contributed by atoms with Crippen molar-refractivity contribution in [3.63, 3.8) is 0 Å². The Balaban J connectivity index is 2.21. The first-order valence-electron chi connectivity index (χ1n) is 7.69. The number of allylic oxidation sites excluding steroid dienone is 2. The van der Waals surface area contributed by atoms with Crippen LogP contribution >= 0.6 is 11.8 Å². The van der Waals surface area contributed by atoms with Crippen LogP contribution in [0.15, 0.2) is 36.6 Å². The lowest BCUT2D eigenvalue weighted by Crippen LogP contribution is -2.44. The fraction of sp³-hybridized carbons (Fsp3) is 0.294. The Labute approximate surface area is 149 Å². The number of thioether (sulfide) groups is 1. The van der Waals surface area contributed by atoms with Crippen LogP contribution in [0.5, 0.6) is 0 Å². The van der Waals surface area contributed by atoms with Gasteiger partial charge in [0, 0.05) is 12.3 Å². The number of hydrogen-bond acceptors (Lipinski definition) is 6. The van der Waals surface area contributed by atoms with Gasteiger partial charge in [0.1, 0.15) is 22.4 Å². The van der Waals surface area contributed by atoms with E-state index < -0.39 is 16.8 Å². The normalized spacial score (nSPS) is 22.7. The number of rotatable bonds is 4. The maximum absolute atomic E-state index is 12.3. The molecule has 3 rings (SSSR count). The molecule has 2 aromatic heterocycles. The van der Waals surface area contributed by atoms with Crippen molar-refractivity contribution >= 4 is 29.1 Å². The zero-order valence-electron chi connectivity index (χ0n) is 14.2. The fourth-order valence-electron chi connectivity index (χ4n) is 3.13. The number of aliphatic carboxylic acids is 1. The van der Waals surface area contributed by atoms with Gasteiger partial charge in [0.25, 0.3) is 0 Å². The molecule has 0 fully saturated rings. The van der Waals surface area contributed by atoms with E-state index in [0.29, 0.717) is 22.9 Å². The Morgan fingerprint density at radius 1 is 1.44 bits per heavy atom. The standard InChI is InChI=1S/C17H19N5O2S/c1-10-9-14(18)22(21-10)17(25-3)7-4-5-12(15(17)16(23)24)13-6-8-19-11(2)20-13/h4-9,15H,18H2,1-3H3,(H,23,24). The van der Waals surface area contributed by atoms with Gasteiger partial charge in [0.05, 0.1) is 11.4 Å². The average Bonchev–Trinajstić information content (AvgIpc) is 2.92. The Kier molecular flexibility index (Phi) is 4.38. The monoisotopic (exact) mass is 357 g/mol. The zero-order chi connectivity index (χ0) is 18.2. The van der Waals surface area contributed by atoms with E-state index in [4.69, 9.17) is 5.73 Å². The van der Waals surface area contributed by atoms with Crippen LogP contribution in [0.25, 0.3) is 5.57 Å². The molecule has 0 spiro atoms. The molecule has 2 unspecified atom stereocenters. The highest BCUT2D eigenvalue weighted by Crippen LogP contribution is 2.47. The largest absolute Gasteiger partial charge is 0.481 e. The minimum absolute atomic E-state index is 0.419. The molecule has 130 valence electrons. The summed E-state index contributed by atoms with van der Waals surface area (Å²) in [6.45, 7) is 3.60. The van der Waals surface area contributed by atoms with Gasteiger partial charge in [-0.15, -0.1) is 11.8 Å². The lowest BCUT2D eigenvalue weighted by atomic mass is 9.84. The number of aromatic nitrogens is 4. The van der Waals surface area contributed by atoms with Crippen molar-refractivity contribution in [3.05, 3.63) is 53.8 Å². The number of hydrogen-bond donors (Lipinski definition) is 2. The van der Waals surface area contributed by atoms with Crippen LogP contribution in [0.3, 0.4) is 0 Å². The Morgan fingerprint density at radius 2 is 2.20 bits per heavy atom. The number of nitrogens with zero attached hydrogens (tertiary/aromatic N) is 4. The topological polar surface area (TPSA) is 107 Å². The van der Waals surface area contributed by atoms with E-state index in [9.17, 15) is 9.90 Å². The summed E-state index contributed by atoms with van der Waals surface area (Å²) < 4.78 is 1.59. The quantitative estimate of drug-likeness (QED) is 0.864. The number of anilines is 1.